The molecule has 0 spiro atoms. The minimum absolute atomic E-state index is 0.0501. The summed E-state index contributed by atoms with van der Waals surface area (Å²) in [5.74, 6) is -0.612. The van der Waals surface area contributed by atoms with E-state index in [1.54, 1.807) is 192 Å². The monoisotopic (exact) mass is 2200 g/mol. The molecule has 0 radical (unpaired) electrons. The van der Waals surface area contributed by atoms with Gasteiger partial charge < -0.3 is 29.4 Å². The molecule has 0 saturated carbocycles. The molecule has 6 aliphatic rings. The minimum atomic E-state index is -0.117. The fourth-order valence-electron chi connectivity index (χ4n) is 16.8. The summed E-state index contributed by atoms with van der Waals surface area (Å²) in [6.07, 6.45) is 63.6. The SMILES string of the molecule is CC1CC(c2cncnc2)=CCN1C(=O)c1cc2ncc(Br)cn2n1.CC1CC(c2cncnc2)=CCN1C(=O)c1cc2ncc(Cl)cn2n1.O=C(c1cc2ncc(Br)cn2n1)N1CC=C(c2ccncn2)CC1.O=C(c1cc2ncc(Br)cn2n1)N1CC=C(c2cncnc2)CC1.O=C(c1cc2ncc(Cl)cn2n1)N1CC=C(c2ccncn2)CC1.O=C(c1cc2ncc(Cl)cn2n1)N1CC=C(c2cncnc2)CC1. The van der Waals surface area contributed by atoms with Gasteiger partial charge in [-0.1, -0.05) is 71.3 Å². The number of hydrogen-bond acceptors (Lipinski definition) is 30. The number of aromatic nitrogens is 30. The topological polar surface area (TPSA) is 458 Å². The molecule has 0 fully saturated rings. The molecule has 0 N–H and O–H groups in total. The molecule has 6 aliphatic heterocycles. The maximum Gasteiger partial charge on any atom is 0.274 e. The van der Waals surface area contributed by atoms with Crippen molar-refractivity contribution in [2.24, 2.45) is 0 Å². The quantitative estimate of drug-likeness (QED) is 0.110. The van der Waals surface area contributed by atoms with E-state index >= 15 is 0 Å². The Kier molecular flexibility index (Phi) is 30.5. The predicted molar refractivity (Wildman–Crippen MR) is 548 cm³/mol. The zero-order chi connectivity index (χ0) is 101. The van der Waals surface area contributed by atoms with Crippen LogP contribution >= 0.6 is 82.6 Å². The van der Waals surface area contributed by atoms with E-state index in [0.29, 0.717) is 149 Å². The van der Waals surface area contributed by atoms with Crippen LogP contribution in [0.5, 0.6) is 0 Å². The van der Waals surface area contributed by atoms with Crippen LogP contribution in [0.3, 0.4) is 0 Å². The second-order valence-electron chi connectivity index (χ2n) is 33.7. The van der Waals surface area contributed by atoms with Crippen LogP contribution in [-0.4, -0.2) is 290 Å². The van der Waals surface area contributed by atoms with Gasteiger partial charge in [0.05, 0.1) is 58.5 Å². The van der Waals surface area contributed by atoms with Crippen molar-refractivity contribution in [1.82, 2.24) is 177 Å². The number of hydrogen-bond donors (Lipinski definition) is 0. The summed E-state index contributed by atoms with van der Waals surface area (Å²) < 4.78 is 11.8. The molecule has 146 heavy (non-hydrogen) atoms. The van der Waals surface area contributed by atoms with Gasteiger partial charge in [-0.2, -0.15) is 30.6 Å². The van der Waals surface area contributed by atoms with E-state index in [4.69, 9.17) is 34.8 Å². The Hall–Kier alpha value is -16.2. The number of carbonyl (C=O) groups is 6. The van der Waals surface area contributed by atoms with Gasteiger partial charge in [-0.3, -0.25) is 28.8 Å². The van der Waals surface area contributed by atoms with Crippen LogP contribution in [0.25, 0.3) is 67.3 Å². The molecule has 0 aliphatic carbocycles. The first-order chi connectivity index (χ1) is 71.0. The van der Waals surface area contributed by atoms with Crippen LogP contribution < -0.4 is 0 Å². The highest BCUT2D eigenvalue weighted by molar-refractivity contribution is 9.11. The summed E-state index contributed by atoms with van der Waals surface area (Å²) in [6, 6.07) is 14.0. The lowest BCUT2D eigenvalue weighted by Crippen LogP contribution is -2.41. The van der Waals surface area contributed by atoms with Crippen molar-refractivity contribution in [3.05, 3.63) is 356 Å². The van der Waals surface area contributed by atoms with E-state index in [2.05, 4.69) is 174 Å². The molecule has 0 saturated heterocycles. The molecule has 24 rings (SSSR count). The van der Waals surface area contributed by atoms with Gasteiger partial charge in [0.2, 0.25) is 0 Å². The van der Waals surface area contributed by atoms with E-state index < -0.39 is 0 Å². The number of halogens is 6. The Labute approximate surface area is 870 Å². The first-order valence-electron chi connectivity index (χ1n) is 45.6. The van der Waals surface area contributed by atoms with Gasteiger partial charge in [0, 0.05) is 254 Å². The Morgan fingerprint density at radius 3 is 0.781 bits per heavy atom. The third-order valence-corrected chi connectivity index (χ3v) is 26.0. The maximum atomic E-state index is 12.9. The van der Waals surface area contributed by atoms with Crippen LogP contribution in [0.2, 0.25) is 15.1 Å². The van der Waals surface area contributed by atoms with Crippen molar-refractivity contribution in [2.45, 2.75) is 64.5 Å². The lowest BCUT2D eigenvalue weighted by molar-refractivity contribution is 0.0697. The van der Waals surface area contributed by atoms with Crippen LogP contribution in [-0.2, 0) is 0 Å². The molecule has 48 heteroatoms. The average Bonchev–Trinajstić information content (AvgIpc) is 1.48. The summed E-state index contributed by atoms with van der Waals surface area (Å²) >= 11 is 27.8. The Balaban J connectivity index is 0.000000111. The molecule has 0 aromatic carbocycles. The fourth-order valence-corrected chi connectivity index (χ4v) is 18.1. The number of fused-ring (bicyclic) bond motifs is 6. The maximum absolute atomic E-state index is 12.9. The second kappa shape index (κ2) is 45.2. The smallest absolute Gasteiger partial charge is 0.274 e. The lowest BCUT2D eigenvalue weighted by Gasteiger charge is -2.32. The molecule has 0 bridgehead atoms. The molecule has 18 aromatic heterocycles. The van der Waals surface area contributed by atoms with Gasteiger partial charge in [0.15, 0.2) is 68.0 Å². The molecular formula is C98H82Br3Cl3N36O6. The molecule has 42 nitrogen and oxygen atoms in total. The fraction of sp³-hybridized carbons (Fsp3) is 0.204. The van der Waals surface area contributed by atoms with Crippen molar-refractivity contribution in [3.63, 3.8) is 0 Å². The van der Waals surface area contributed by atoms with Crippen LogP contribution in [0.15, 0.2) is 273 Å². The average molecular weight is 2210 g/mol. The standard InChI is InChI=1S/C17H15BrN6O.C17H15ClN6O.2C16H13BrN6O.2C16H13ClN6O/c2*1-11-4-12(13-6-19-10-20-7-13)2-3-23(11)17(25)15-5-16-21-8-14(18)9-24(16)22-15;17-12-8-19-15-7-14(21-23(15)9-12)16(24)22-5-2-11(3-6-22)13-1-4-18-10-20-13;17-13-8-20-15-5-14(21-23(15)9-13)16(24)22-3-1-11(2-4-22)12-6-18-10-19-7-12;17-12-8-19-15-7-14(21-23(15)9-12)16(24)22-5-2-11(3-6-22)13-1-4-18-10-20-13;17-13-8-20-15-5-14(21-23(15)9-13)16(24)22-3-1-11(2-4-22)12-6-18-10-19-7-12/h2*2,5-11H,3-4H2,1H3;1-2,4,7-10H,3,5-6H2;1,5-10H,2-4H2;1-2,4,7-10H,3,5-6H2;1,5-10H,2-4H2. The van der Waals surface area contributed by atoms with E-state index in [1.165, 1.54) is 75.7 Å². The molecule has 2 unspecified atom stereocenters. The van der Waals surface area contributed by atoms with Crippen LogP contribution in [0.4, 0.5) is 0 Å². The lowest BCUT2D eigenvalue weighted by atomic mass is 9.96. The summed E-state index contributed by atoms with van der Waals surface area (Å²) in [6.45, 7) is 9.81. The third kappa shape index (κ3) is 23.5. The van der Waals surface area contributed by atoms with Crippen molar-refractivity contribution in [1.29, 1.82) is 0 Å². The zero-order valence-corrected chi connectivity index (χ0v) is 84.6. The zero-order valence-electron chi connectivity index (χ0n) is 77.5. The van der Waals surface area contributed by atoms with Gasteiger partial charge in [-0.05, 0) is 146 Å². The van der Waals surface area contributed by atoms with Gasteiger partial charge in [-0.25, -0.2) is 117 Å². The largest absolute Gasteiger partial charge is 0.333 e. The predicted octanol–water partition coefficient (Wildman–Crippen LogP) is 13.7. The Morgan fingerprint density at radius 2 is 0.527 bits per heavy atom. The van der Waals surface area contributed by atoms with Gasteiger partial charge in [0.1, 0.15) is 38.0 Å². The number of nitrogens with zero attached hydrogens (tertiary/aromatic N) is 36. The molecule has 2 atom stereocenters. The number of carbonyl (C=O) groups excluding carboxylic acids is 6. The third-order valence-electron chi connectivity index (χ3n) is 24.2. The summed E-state index contributed by atoms with van der Waals surface area (Å²) in [5, 5.41) is 27.2. The van der Waals surface area contributed by atoms with E-state index in [0.717, 1.165) is 113 Å². The molecule has 732 valence electrons. The first-order valence-corrected chi connectivity index (χ1v) is 49.1. The van der Waals surface area contributed by atoms with Crippen molar-refractivity contribution in [3.8, 4) is 0 Å². The summed E-state index contributed by atoms with van der Waals surface area (Å²) in [7, 11) is 0. The Morgan fingerprint density at radius 1 is 0.281 bits per heavy atom. The highest BCUT2D eigenvalue weighted by Gasteiger charge is 2.33. The van der Waals surface area contributed by atoms with Crippen LogP contribution in [0.1, 0.15) is 149 Å². The number of amides is 6. The van der Waals surface area contributed by atoms with E-state index in [9.17, 15) is 28.8 Å². The highest BCUT2D eigenvalue weighted by Crippen LogP contribution is 2.33. The van der Waals surface area contributed by atoms with E-state index in [1.807, 2.05) is 61.3 Å². The second-order valence-corrected chi connectivity index (χ2v) is 37.8. The van der Waals surface area contributed by atoms with Crippen molar-refractivity contribution < 1.29 is 28.8 Å². The molecule has 6 amide bonds. The first kappa shape index (κ1) is 98.5. The molecule has 24 heterocycles. The van der Waals surface area contributed by atoms with Gasteiger partial charge in [0.25, 0.3) is 35.4 Å². The van der Waals surface area contributed by atoms with E-state index in [-0.39, 0.29) is 47.5 Å². The normalized spacial score (nSPS) is 15.7. The summed E-state index contributed by atoms with van der Waals surface area (Å²) in [5.41, 5.74) is 18.8. The summed E-state index contributed by atoms with van der Waals surface area (Å²) in [4.78, 5) is 161. The Bertz CT molecular complexity index is 7340. The van der Waals surface area contributed by atoms with Gasteiger partial charge >= 0.3 is 0 Å². The van der Waals surface area contributed by atoms with Crippen molar-refractivity contribution >= 4 is 185 Å². The molecular weight excluding hydrogens is 2120 g/mol. The number of rotatable bonds is 12. The van der Waals surface area contributed by atoms with Crippen LogP contribution in [0, 0.1) is 0 Å². The van der Waals surface area contributed by atoms with Gasteiger partial charge in [-0.15, -0.1) is 0 Å². The van der Waals surface area contributed by atoms with Crippen molar-refractivity contribution in [2.75, 3.05) is 65.4 Å². The molecule has 18 aromatic rings. The highest BCUT2D eigenvalue weighted by atomic mass is 79.9. The minimum Gasteiger partial charge on any atom is -0.333 e.